The molecule has 0 fully saturated rings. The third-order valence-electron chi connectivity index (χ3n) is 3.46. The topological polar surface area (TPSA) is 80.0 Å². The number of nitrogens with zero attached hydrogens (tertiary/aromatic N) is 3. The van der Waals surface area contributed by atoms with E-state index in [-0.39, 0.29) is 18.1 Å². The lowest BCUT2D eigenvalue weighted by atomic mass is 10.2. The Balaban J connectivity index is 1.58. The molecule has 0 saturated carbocycles. The van der Waals surface area contributed by atoms with Crippen LogP contribution >= 0.6 is 22.9 Å². The average molecular weight is 363 g/mol. The standard InChI is InChI=1S/C16H15ClN4O2S/c17-13-4-2-1-3-11(13)7-18-16(23)14-8-21(20-19-14)9-15(22)12-5-6-24-10-12/h1-6,8,10,15,22H,7,9H2,(H,18,23). The van der Waals surface area contributed by atoms with Gasteiger partial charge >= 0.3 is 0 Å². The molecular formula is C16H15ClN4O2S. The molecule has 0 aliphatic heterocycles. The Morgan fingerprint density at radius 1 is 1.38 bits per heavy atom. The molecule has 0 aliphatic carbocycles. The maximum absolute atomic E-state index is 12.1. The van der Waals surface area contributed by atoms with Crippen LogP contribution in [-0.2, 0) is 13.1 Å². The number of carbonyl (C=O) groups is 1. The number of rotatable bonds is 6. The Morgan fingerprint density at radius 2 is 2.21 bits per heavy atom. The molecule has 2 heterocycles. The van der Waals surface area contributed by atoms with Crippen molar-refractivity contribution in [2.75, 3.05) is 0 Å². The van der Waals surface area contributed by atoms with E-state index in [1.807, 2.05) is 35.0 Å². The van der Waals surface area contributed by atoms with E-state index in [4.69, 9.17) is 11.6 Å². The van der Waals surface area contributed by atoms with Crippen LogP contribution in [-0.4, -0.2) is 26.0 Å². The molecule has 8 heteroatoms. The summed E-state index contributed by atoms with van der Waals surface area (Å²) >= 11 is 7.57. The van der Waals surface area contributed by atoms with E-state index in [0.29, 0.717) is 11.6 Å². The molecule has 6 nitrogen and oxygen atoms in total. The Kier molecular flexibility index (Phi) is 5.24. The average Bonchev–Trinajstić information content (AvgIpc) is 3.25. The van der Waals surface area contributed by atoms with Gasteiger partial charge in [-0.05, 0) is 34.0 Å². The number of halogens is 1. The van der Waals surface area contributed by atoms with Gasteiger partial charge in [0.2, 0.25) is 0 Å². The van der Waals surface area contributed by atoms with Gasteiger partial charge in [0.05, 0.1) is 18.8 Å². The molecule has 3 aromatic rings. The van der Waals surface area contributed by atoms with Gasteiger partial charge in [-0.2, -0.15) is 11.3 Å². The lowest BCUT2D eigenvalue weighted by molar-refractivity contribution is 0.0945. The Hall–Kier alpha value is -2.22. The molecule has 0 radical (unpaired) electrons. The normalized spacial score (nSPS) is 12.1. The molecule has 0 bridgehead atoms. The second kappa shape index (κ2) is 7.57. The van der Waals surface area contributed by atoms with Gasteiger partial charge in [-0.25, -0.2) is 4.68 Å². The quantitative estimate of drug-likeness (QED) is 0.706. The van der Waals surface area contributed by atoms with E-state index in [0.717, 1.165) is 11.1 Å². The van der Waals surface area contributed by atoms with Gasteiger partial charge in [0.1, 0.15) is 0 Å². The number of hydrogen-bond donors (Lipinski definition) is 2. The fraction of sp³-hybridized carbons (Fsp3) is 0.188. The highest BCUT2D eigenvalue weighted by Gasteiger charge is 2.14. The lowest BCUT2D eigenvalue weighted by Gasteiger charge is -2.07. The van der Waals surface area contributed by atoms with E-state index in [1.54, 1.807) is 6.07 Å². The second-order valence-corrected chi connectivity index (χ2v) is 6.36. The van der Waals surface area contributed by atoms with E-state index in [2.05, 4.69) is 15.6 Å². The van der Waals surface area contributed by atoms with E-state index >= 15 is 0 Å². The summed E-state index contributed by atoms with van der Waals surface area (Å²) in [5, 5.41) is 24.9. The van der Waals surface area contributed by atoms with E-state index in [9.17, 15) is 9.90 Å². The van der Waals surface area contributed by atoms with Gasteiger partial charge in [0.15, 0.2) is 5.69 Å². The zero-order valence-corrected chi connectivity index (χ0v) is 14.2. The molecular weight excluding hydrogens is 348 g/mol. The first kappa shape index (κ1) is 16.6. The number of nitrogens with one attached hydrogen (secondary N) is 1. The Bertz CT molecular complexity index is 819. The number of amides is 1. The van der Waals surface area contributed by atoms with Crippen molar-refractivity contribution in [1.82, 2.24) is 20.3 Å². The summed E-state index contributed by atoms with van der Waals surface area (Å²) in [5.74, 6) is -0.341. The van der Waals surface area contributed by atoms with Gasteiger partial charge in [-0.1, -0.05) is 35.0 Å². The maximum atomic E-state index is 12.1. The molecule has 1 aromatic carbocycles. The fourth-order valence-corrected chi connectivity index (χ4v) is 3.06. The van der Waals surface area contributed by atoms with Crippen molar-refractivity contribution in [2.45, 2.75) is 19.2 Å². The van der Waals surface area contributed by atoms with Gasteiger partial charge < -0.3 is 10.4 Å². The number of benzene rings is 1. The number of hydrogen-bond acceptors (Lipinski definition) is 5. The maximum Gasteiger partial charge on any atom is 0.273 e. The van der Waals surface area contributed by atoms with E-state index < -0.39 is 6.10 Å². The molecule has 0 aliphatic rings. The number of aliphatic hydroxyl groups excluding tert-OH is 1. The number of aliphatic hydroxyl groups is 1. The van der Waals surface area contributed by atoms with Crippen LogP contribution in [0, 0.1) is 0 Å². The van der Waals surface area contributed by atoms with Crippen molar-refractivity contribution >= 4 is 28.8 Å². The van der Waals surface area contributed by atoms with E-state index in [1.165, 1.54) is 22.2 Å². The summed E-state index contributed by atoms with van der Waals surface area (Å²) in [6, 6.07) is 9.15. The molecule has 1 unspecified atom stereocenters. The van der Waals surface area contributed by atoms with Gasteiger partial charge in [0.25, 0.3) is 5.91 Å². The van der Waals surface area contributed by atoms with Crippen molar-refractivity contribution in [3.63, 3.8) is 0 Å². The number of aromatic nitrogens is 3. The van der Waals surface area contributed by atoms with Crippen molar-refractivity contribution in [2.24, 2.45) is 0 Å². The highest BCUT2D eigenvalue weighted by molar-refractivity contribution is 7.07. The summed E-state index contributed by atoms with van der Waals surface area (Å²) in [4.78, 5) is 12.1. The molecule has 0 spiro atoms. The SMILES string of the molecule is O=C(NCc1ccccc1Cl)c1cn(CC(O)c2ccsc2)nn1. The third-order valence-corrected chi connectivity index (χ3v) is 4.53. The first-order valence-electron chi connectivity index (χ1n) is 7.25. The monoisotopic (exact) mass is 362 g/mol. The van der Waals surface area contributed by atoms with Gasteiger partial charge in [-0.3, -0.25) is 4.79 Å². The van der Waals surface area contributed by atoms with Crippen molar-refractivity contribution in [3.05, 3.63) is 69.1 Å². The van der Waals surface area contributed by atoms with Crippen molar-refractivity contribution < 1.29 is 9.90 Å². The van der Waals surface area contributed by atoms with Crippen LogP contribution < -0.4 is 5.32 Å². The zero-order valence-electron chi connectivity index (χ0n) is 12.6. The second-order valence-electron chi connectivity index (χ2n) is 5.17. The first-order chi connectivity index (χ1) is 11.6. The third kappa shape index (κ3) is 4.00. The predicted molar refractivity (Wildman–Crippen MR) is 91.9 cm³/mol. The van der Waals surface area contributed by atoms with Crippen molar-refractivity contribution in [1.29, 1.82) is 0 Å². The highest BCUT2D eigenvalue weighted by atomic mass is 35.5. The minimum Gasteiger partial charge on any atom is -0.386 e. The summed E-state index contributed by atoms with van der Waals surface area (Å²) in [7, 11) is 0. The minimum atomic E-state index is -0.683. The number of carbonyl (C=O) groups excluding carboxylic acids is 1. The zero-order chi connectivity index (χ0) is 16.9. The summed E-state index contributed by atoms with van der Waals surface area (Å²) in [6.45, 7) is 0.546. The molecule has 1 atom stereocenters. The molecule has 24 heavy (non-hydrogen) atoms. The predicted octanol–water partition coefficient (Wildman–Crippen LogP) is 2.66. The van der Waals surface area contributed by atoms with Crippen LogP contribution in [0.3, 0.4) is 0 Å². The molecule has 0 saturated heterocycles. The minimum absolute atomic E-state index is 0.194. The molecule has 2 N–H and O–H groups in total. The molecule has 2 aromatic heterocycles. The van der Waals surface area contributed by atoms with Crippen LogP contribution in [0.25, 0.3) is 0 Å². The summed E-state index contributed by atoms with van der Waals surface area (Å²) in [6.07, 6.45) is 0.828. The van der Waals surface area contributed by atoms with Gasteiger partial charge in [-0.15, -0.1) is 5.10 Å². The lowest BCUT2D eigenvalue weighted by Crippen LogP contribution is -2.23. The van der Waals surface area contributed by atoms with Crippen LogP contribution in [0.4, 0.5) is 0 Å². The van der Waals surface area contributed by atoms with Gasteiger partial charge in [0, 0.05) is 11.6 Å². The van der Waals surface area contributed by atoms with Crippen molar-refractivity contribution in [3.8, 4) is 0 Å². The smallest absolute Gasteiger partial charge is 0.273 e. The van der Waals surface area contributed by atoms with Crippen LogP contribution in [0.5, 0.6) is 0 Å². The Morgan fingerprint density at radius 3 is 2.96 bits per heavy atom. The largest absolute Gasteiger partial charge is 0.386 e. The summed E-state index contributed by atoms with van der Waals surface area (Å²) in [5.41, 5.74) is 1.84. The molecule has 3 rings (SSSR count). The fourth-order valence-electron chi connectivity index (χ4n) is 2.15. The van der Waals surface area contributed by atoms with Crippen LogP contribution in [0.1, 0.15) is 27.7 Å². The van der Waals surface area contributed by atoms with Crippen LogP contribution in [0.15, 0.2) is 47.3 Å². The van der Waals surface area contributed by atoms with Crippen LogP contribution in [0.2, 0.25) is 5.02 Å². The molecule has 124 valence electrons. The number of thiophene rings is 1. The first-order valence-corrected chi connectivity index (χ1v) is 8.57. The Labute approximate surface area is 147 Å². The highest BCUT2D eigenvalue weighted by Crippen LogP contribution is 2.17. The summed E-state index contributed by atoms with van der Waals surface area (Å²) < 4.78 is 1.45. The molecule has 1 amide bonds.